The first-order valence-electron chi connectivity index (χ1n) is 33.1. The van der Waals surface area contributed by atoms with Gasteiger partial charge in [-0.25, -0.2) is 14.6 Å². The highest BCUT2D eigenvalue weighted by Crippen LogP contribution is 2.30. The van der Waals surface area contributed by atoms with E-state index in [1.807, 2.05) is 104 Å². The van der Waals surface area contributed by atoms with Crippen LogP contribution in [-0.4, -0.2) is 137 Å². The normalized spacial score (nSPS) is 11.9. The Kier molecular flexibility index (Phi) is 33.0. The number of amides is 8. The van der Waals surface area contributed by atoms with E-state index in [-0.39, 0.29) is 102 Å². The second kappa shape index (κ2) is 41.9. The van der Waals surface area contributed by atoms with E-state index in [2.05, 4.69) is 50.4 Å². The summed E-state index contributed by atoms with van der Waals surface area (Å²) in [5.41, 5.74) is 27.5. The van der Waals surface area contributed by atoms with Crippen molar-refractivity contribution in [3.05, 3.63) is 167 Å². The topological polar surface area (TPSA) is 344 Å². The average Bonchev–Trinajstić information content (AvgIpc) is 0.786. The number of nitrogens with two attached hydrogens (primary N) is 3. The minimum Gasteiger partial charge on any atom is -0.445 e. The van der Waals surface area contributed by atoms with Crippen molar-refractivity contribution in [3.63, 3.8) is 0 Å². The molecule has 12 N–H and O–H groups in total. The first-order chi connectivity index (χ1) is 47.0. The number of urea groups is 1. The van der Waals surface area contributed by atoms with Crippen LogP contribution in [0.3, 0.4) is 0 Å². The number of benzene rings is 5. The molecule has 24 nitrogen and oxygen atoms in total. The van der Waals surface area contributed by atoms with Crippen LogP contribution in [0.4, 0.5) is 32.5 Å². The number of hydrogen-bond donors (Lipinski definition) is 9. The molecule has 0 unspecified atom stereocenters. The van der Waals surface area contributed by atoms with E-state index in [1.165, 1.54) is 0 Å². The van der Waals surface area contributed by atoms with Crippen LogP contribution < -0.4 is 54.0 Å². The lowest BCUT2D eigenvalue weighted by Gasteiger charge is -2.26. The molecule has 0 fully saturated rings. The zero-order valence-electron chi connectivity index (χ0n) is 56.3. The van der Waals surface area contributed by atoms with Crippen LogP contribution in [0.15, 0.2) is 133 Å². The lowest BCUT2D eigenvalue weighted by Crippen LogP contribution is -2.54. The number of hydrogen-bond acceptors (Lipinski definition) is 16. The molecule has 0 aliphatic carbocycles. The van der Waals surface area contributed by atoms with E-state index in [0.717, 1.165) is 74.9 Å². The molecule has 0 aliphatic heterocycles. The third-order valence-electron chi connectivity index (χ3n) is 15.6. The smallest absolute Gasteiger partial charge is 0.407 e. The second-order valence-corrected chi connectivity index (χ2v) is 23.3. The summed E-state index contributed by atoms with van der Waals surface area (Å²) in [7, 11) is 0. The molecule has 0 spiro atoms. The van der Waals surface area contributed by atoms with Crippen LogP contribution in [0.1, 0.15) is 112 Å². The number of carbonyl (C=O) groups is 7. The van der Waals surface area contributed by atoms with E-state index in [9.17, 15) is 33.6 Å². The summed E-state index contributed by atoms with van der Waals surface area (Å²) in [5.74, 6) is -2.03. The molecule has 1 aromatic heterocycles. The SMILES string of the molecule is C=Cc1ccccc1CN(C(=O)CCC(=O)NCCOCCOCCOCCOCCC(=O)N[C@H](C(=O)N[C@@H](CCCNC(N)=O)C(=O)Nc1ccc(COC(=O)NCc2ccc(CC(=NCCCC)c3c(N)c(N)nc4ccccc34)cc2)cc1)C(C)C)c1ccccc1CC. The fraction of sp³-hybridized carbons (Fsp3) is 0.411. The van der Waals surface area contributed by atoms with Crippen molar-refractivity contribution in [2.45, 2.75) is 117 Å². The Balaban J connectivity index is 0.830. The average molecular weight is 1330 g/mol. The fourth-order valence-corrected chi connectivity index (χ4v) is 10.3. The summed E-state index contributed by atoms with van der Waals surface area (Å²) in [4.78, 5) is 102. The predicted molar refractivity (Wildman–Crippen MR) is 378 cm³/mol. The third kappa shape index (κ3) is 26.4. The van der Waals surface area contributed by atoms with Crippen LogP contribution in [0.25, 0.3) is 17.0 Å². The summed E-state index contributed by atoms with van der Waals surface area (Å²) in [6.45, 7) is 15.3. The van der Waals surface area contributed by atoms with E-state index in [1.54, 1.807) is 49.1 Å². The number of carbonyl (C=O) groups excluding carboxylic acids is 7. The number of rotatable bonds is 43. The summed E-state index contributed by atoms with van der Waals surface area (Å²) in [5, 5.41) is 17.3. The van der Waals surface area contributed by atoms with Crippen molar-refractivity contribution in [2.75, 3.05) is 94.2 Å². The molecule has 8 amide bonds. The fourth-order valence-electron chi connectivity index (χ4n) is 10.3. The Morgan fingerprint density at radius 1 is 0.649 bits per heavy atom. The highest BCUT2D eigenvalue weighted by atomic mass is 16.6. The standard InChI is InChI=1S/C73H96N12O12/c1-6-9-35-77-61(66-58-20-13-14-21-59(58)82-69(75)67(66)74)46-51-24-26-52(27-25-51)47-80-73(92)97-49-53-28-30-57(31-29-53)81-70(89)60(22-16-36-79-72(76)91)83-71(90)68(50(4)5)84-64(87)34-38-93-40-42-95-44-45-96-43-41-94-39-37-78-63(86)32-33-65(88)85(62-23-15-12-18-55(62)8-3)48-56-19-11-10-17-54(56)7-2/h7,10-15,17-21,23-31,50,60,68H,2,6,8-9,16,22,32-49,74H2,1,3-5H3,(H2,75,82)(H,78,86)(H,80,92)(H,81,89)(H,83,90)(H,84,87)(H3,76,79,91)/t60-,68-/m0/s1. The van der Waals surface area contributed by atoms with Gasteiger partial charge < -0.3 is 77.7 Å². The van der Waals surface area contributed by atoms with Crippen molar-refractivity contribution in [2.24, 2.45) is 16.6 Å². The number of primary amides is 1. The van der Waals surface area contributed by atoms with Crippen molar-refractivity contribution in [1.82, 2.24) is 31.6 Å². The number of ether oxygens (including phenoxy) is 5. The Labute approximate surface area is 568 Å². The number of nitrogen functional groups attached to an aromatic ring is 2. The number of aromatic nitrogens is 1. The molecule has 2 atom stereocenters. The van der Waals surface area contributed by atoms with Crippen LogP contribution in [0.5, 0.6) is 0 Å². The molecule has 0 radical (unpaired) electrons. The molecular formula is C73H96N12O12. The Bertz CT molecular complexity index is 3550. The van der Waals surface area contributed by atoms with Crippen LogP contribution >= 0.6 is 0 Å². The number of unbranched alkanes of at least 4 members (excludes halogenated alkanes) is 1. The number of para-hydroxylation sites is 2. The predicted octanol–water partition coefficient (Wildman–Crippen LogP) is 8.46. The lowest BCUT2D eigenvalue weighted by atomic mass is 9.96. The van der Waals surface area contributed by atoms with Gasteiger partial charge in [0, 0.05) is 79.9 Å². The summed E-state index contributed by atoms with van der Waals surface area (Å²) < 4.78 is 27.8. The van der Waals surface area contributed by atoms with Gasteiger partial charge in [0.05, 0.1) is 70.6 Å². The number of alkyl carbamates (subject to hydrolysis) is 1. The molecule has 6 aromatic rings. The molecule has 24 heteroatoms. The number of anilines is 4. The highest BCUT2D eigenvalue weighted by Gasteiger charge is 2.29. The number of nitrogens with zero attached hydrogens (tertiary/aromatic N) is 3. The quantitative estimate of drug-likeness (QED) is 0.0128. The molecule has 0 saturated heterocycles. The van der Waals surface area contributed by atoms with Gasteiger partial charge in [-0.2, -0.15) is 0 Å². The van der Waals surface area contributed by atoms with E-state index < -0.39 is 41.9 Å². The van der Waals surface area contributed by atoms with Gasteiger partial charge in [-0.3, -0.25) is 29.0 Å². The molecule has 0 aliphatic rings. The molecule has 5 aromatic carbocycles. The number of pyridine rings is 1. The summed E-state index contributed by atoms with van der Waals surface area (Å²) in [6.07, 6.45) is 4.81. The molecule has 1 heterocycles. The van der Waals surface area contributed by atoms with Gasteiger partial charge in [0.25, 0.3) is 0 Å². The van der Waals surface area contributed by atoms with Gasteiger partial charge in [0.15, 0.2) is 0 Å². The van der Waals surface area contributed by atoms with Gasteiger partial charge >= 0.3 is 12.1 Å². The number of aryl methyl sites for hydroxylation is 1. The van der Waals surface area contributed by atoms with Crippen molar-refractivity contribution in [3.8, 4) is 0 Å². The number of fused-ring (bicyclic) bond motifs is 1. The third-order valence-corrected chi connectivity index (χ3v) is 15.6. The first kappa shape index (κ1) is 76.3. The molecule has 0 bridgehead atoms. The van der Waals surface area contributed by atoms with Gasteiger partial charge in [-0.1, -0.05) is 144 Å². The summed E-state index contributed by atoms with van der Waals surface area (Å²) >= 11 is 0. The maximum Gasteiger partial charge on any atom is 0.407 e. The monoisotopic (exact) mass is 1330 g/mol. The minimum atomic E-state index is -1.06. The molecular weight excluding hydrogens is 1240 g/mol. The van der Waals surface area contributed by atoms with Gasteiger partial charge in [0.2, 0.25) is 29.5 Å². The zero-order valence-corrected chi connectivity index (χ0v) is 56.3. The highest BCUT2D eigenvalue weighted by molar-refractivity contribution is 6.16. The van der Waals surface area contributed by atoms with E-state index in [0.29, 0.717) is 69.3 Å². The molecule has 97 heavy (non-hydrogen) atoms. The Morgan fingerprint density at radius 3 is 1.97 bits per heavy atom. The van der Waals surface area contributed by atoms with Crippen LogP contribution in [-0.2, 0) is 80.2 Å². The van der Waals surface area contributed by atoms with Crippen molar-refractivity contribution < 1.29 is 57.2 Å². The maximum absolute atomic E-state index is 13.7. The molecule has 0 saturated carbocycles. The molecule has 520 valence electrons. The van der Waals surface area contributed by atoms with Gasteiger partial charge in [-0.05, 0) is 89.2 Å². The number of nitrogens with one attached hydrogen (secondary N) is 6. The van der Waals surface area contributed by atoms with Crippen LogP contribution in [0, 0.1) is 5.92 Å². The Morgan fingerprint density at radius 2 is 1.29 bits per heavy atom. The largest absolute Gasteiger partial charge is 0.445 e. The summed E-state index contributed by atoms with van der Waals surface area (Å²) in [6, 6.07) is 35.1. The first-order valence-corrected chi connectivity index (χ1v) is 33.1. The van der Waals surface area contributed by atoms with Gasteiger partial charge in [0.1, 0.15) is 24.5 Å². The van der Waals surface area contributed by atoms with E-state index in [4.69, 9.17) is 45.9 Å². The Hall–Kier alpha value is -9.75. The van der Waals surface area contributed by atoms with Crippen molar-refractivity contribution in [1.29, 1.82) is 0 Å². The number of aliphatic imine (C=N–C) groups is 1. The van der Waals surface area contributed by atoms with Crippen LogP contribution in [0.2, 0.25) is 0 Å². The lowest BCUT2D eigenvalue weighted by molar-refractivity contribution is -0.132. The second-order valence-electron chi connectivity index (χ2n) is 23.3. The zero-order chi connectivity index (χ0) is 69.7. The maximum atomic E-state index is 13.7. The van der Waals surface area contributed by atoms with Crippen molar-refractivity contribution >= 4 is 87.2 Å². The molecule has 6 rings (SSSR count). The minimum absolute atomic E-state index is 0.0377. The van der Waals surface area contributed by atoms with E-state index >= 15 is 0 Å². The van der Waals surface area contributed by atoms with Gasteiger partial charge in [-0.15, -0.1) is 0 Å².